The first-order valence-corrected chi connectivity index (χ1v) is 11.6. The average Bonchev–Trinajstić information content (AvgIpc) is 2.81. The minimum Gasteiger partial charge on any atom is -0.493 e. The summed E-state index contributed by atoms with van der Waals surface area (Å²) < 4.78 is 5.91. The number of benzene rings is 2. The van der Waals surface area contributed by atoms with Crippen LogP contribution in [0.25, 0.3) is 0 Å². The molecule has 0 radical (unpaired) electrons. The zero-order valence-corrected chi connectivity index (χ0v) is 19.2. The molecule has 0 aliphatic carbocycles. The summed E-state index contributed by atoms with van der Waals surface area (Å²) in [6.45, 7) is 3.75. The topological polar surface area (TPSA) is 117 Å². The second kappa shape index (κ2) is 9.10. The van der Waals surface area contributed by atoms with Crippen molar-refractivity contribution < 1.29 is 19.2 Å². The van der Waals surface area contributed by atoms with E-state index in [9.17, 15) is 19.7 Å². The van der Waals surface area contributed by atoms with Gasteiger partial charge in [-0.3, -0.25) is 29.6 Å². The largest absolute Gasteiger partial charge is 0.493 e. The number of hydrogen-bond acceptors (Lipinski definition) is 8. The quantitative estimate of drug-likeness (QED) is 0.526. The van der Waals surface area contributed by atoms with Gasteiger partial charge in [0.2, 0.25) is 5.91 Å². The van der Waals surface area contributed by atoms with E-state index in [4.69, 9.17) is 4.74 Å². The predicted molar refractivity (Wildman–Crippen MR) is 125 cm³/mol. The van der Waals surface area contributed by atoms with Crippen LogP contribution in [-0.4, -0.2) is 39.8 Å². The fraction of sp³-hybridized carbons (Fsp3) is 0.318. The Morgan fingerprint density at radius 3 is 2.70 bits per heavy atom. The average molecular weight is 470 g/mol. The van der Waals surface area contributed by atoms with Crippen molar-refractivity contribution in [1.82, 2.24) is 10.3 Å². The monoisotopic (exact) mass is 469 g/mol. The van der Waals surface area contributed by atoms with Crippen LogP contribution in [0, 0.1) is 10.1 Å². The molecule has 2 heterocycles. The first-order chi connectivity index (χ1) is 15.9. The molecule has 2 aliphatic rings. The summed E-state index contributed by atoms with van der Waals surface area (Å²) >= 11 is 1.25. The second-order valence-corrected chi connectivity index (χ2v) is 8.33. The van der Waals surface area contributed by atoms with E-state index in [1.165, 1.54) is 46.8 Å². The number of rotatable bonds is 5. The van der Waals surface area contributed by atoms with Crippen LogP contribution in [0.5, 0.6) is 5.75 Å². The van der Waals surface area contributed by atoms with Crippen LogP contribution < -0.4 is 15.0 Å². The summed E-state index contributed by atoms with van der Waals surface area (Å²) in [7, 11) is 0. The van der Waals surface area contributed by atoms with E-state index in [1.807, 2.05) is 6.92 Å². The lowest BCUT2D eigenvalue weighted by atomic mass is 9.94. The van der Waals surface area contributed by atoms with Gasteiger partial charge < -0.3 is 10.1 Å². The molecule has 4 rings (SSSR count). The Balaban J connectivity index is 2.01. The Hall–Kier alpha value is -3.60. The third-order valence-electron chi connectivity index (χ3n) is 5.41. The van der Waals surface area contributed by atoms with Gasteiger partial charge in [-0.05, 0) is 24.8 Å². The molecule has 0 aromatic heterocycles. The Morgan fingerprint density at radius 2 is 2.03 bits per heavy atom. The van der Waals surface area contributed by atoms with Crippen LogP contribution in [-0.2, 0) is 9.59 Å². The summed E-state index contributed by atoms with van der Waals surface area (Å²) in [5, 5.41) is 20.9. The first-order valence-electron chi connectivity index (χ1n) is 10.4. The molecule has 2 aromatic carbocycles. The molecular weight excluding hydrogens is 446 g/mol. The van der Waals surface area contributed by atoms with Gasteiger partial charge >= 0.3 is 0 Å². The van der Waals surface area contributed by atoms with Crippen LogP contribution in [0.4, 0.5) is 11.4 Å². The van der Waals surface area contributed by atoms with Crippen LogP contribution in [0.2, 0.25) is 0 Å². The number of nitro groups is 1. The number of para-hydroxylation sites is 1. The number of non-ortho nitro benzene ring substituents is 1. The number of carbonyl (C=O) groups is 2. The number of anilines is 1. The van der Waals surface area contributed by atoms with Crippen molar-refractivity contribution in [3.63, 3.8) is 0 Å². The number of nitro benzene ring substituents is 1. The van der Waals surface area contributed by atoms with Gasteiger partial charge in [-0.1, -0.05) is 36.9 Å². The maximum absolute atomic E-state index is 13.2. The minimum atomic E-state index is -0.928. The van der Waals surface area contributed by atoms with Crippen LogP contribution >= 0.6 is 11.8 Å². The molecule has 0 fully saturated rings. The van der Waals surface area contributed by atoms with E-state index in [1.54, 1.807) is 30.5 Å². The van der Waals surface area contributed by atoms with Gasteiger partial charge in [0.1, 0.15) is 5.75 Å². The van der Waals surface area contributed by atoms with E-state index in [0.29, 0.717) is 34.3 Å². The molecule has 11 heteroatoms. The number of hydrazone groups is 1. The number of nitrogens with zero attached hydrogens (tertiary/aromatic N) is 4. The van der Waals surface area contributed by atoms with E-state index < -0.39 is 17.1 Å². The number of thioether (sulfide) groups is 1. The summed E-state index contributed by atoms with van der Waals surface area (Å²) in [6, 6.07) is 10.6. The van der Waals surface area contributed by atoms with Crippen LogP contribution in [0.1, 0.15) is 43.6 Å². The molecule has 0 spiro atoms. The number of amides is 2. The molecule has 172 valence electrons. The third kappa shape index (κ3) is 3.99. The lowest BCUT2D eigenvalue weighted by Gasteiger charge is -2.48. The van der Waals surface area contributed by atoms with Gasteiger partial charge in [-0.2, -0.15) is 0 Å². The maximum atomic E-state index is 13.2. The zero-order valence-electron chi connectivity index (χ0n) is 18.3. The van der Waals surface area contributed by atoms with Gasteiger partial charge in [0.25, 0.3) is 11.6 Å². The van der Waals surface area contributed by atoms with Crippen molar-refractivity contribution in [1.29, 1.82) is 0 Å². The fourth-order valence-corrected chi connectivity index (χ4v) is 4.44. The Morgan fingerprint density at radius 1 is 1.27 bits per heavy atom. The highest BCUT2D eigenvalue weighted by molar-refractivity contribution is 8.13. The van der Waals surface area contributed by atoms with Crippen molar-refractivity contribution in [2.75, 3.05) is 17.8 Å². The van der Waals surface area contributed by atoms with Crippen molar-refractivity contribution in [3.8, 4) is 5.75 Å². The first kappa shape index (κ1) is 22.6. The maximum Gasteiger partial charge on any atom is 0.270 e. The van der Waals surface area contributed by atoms with Crippen LogP contribution in [0.3, 0.4) is 0 Å². The smallest absolute Gasteiger partial charge is 0.270 e. The highest BCUT2D eigenvalue weighted by Gasteiger charge is 2.47. The molecule has 0 unspecified atom stereocenters. The summed E-state index contributed by atoms with van der Waals surface area (Å²) in [5.41, 5.74) is 1.39. The van der Waals surface area contributed by atoms with E-state index in [2.05, 4.69) is 10.4 Å². The molecular formula is C22H23N5O5S. The van der Waals surface area contributed by atoms with Gasteiger partial charge in [-0.25, -0.2) is 0 Å². The highest BCUT2D eigenvalue weighted by Crippen LogP contribution is 2.48. The molecule has 0 bridgehead atoms. The lowest BCUT2D eigenvalue weighted by Crippen LogP contribution is -2.55. The normalized spacial score (nSPS) is 19.2. The summed E-state index contributed by atoms with van der Waals surface area (Å²) in [5.74, 6) is -0.203. The predicted octanol–water partition coefficient (Wildman–Crippen LogP) is 3.56. The SMILES string of the molecule is CCCOc1ccc([N+](=O)[O-])cc1[C@H]1N(C(C)=O)c2ccccc2[C@H]2C(=O)NC(SC)=NN21. The number of hydrogen-bond donors (Lipinski definition) is 1. The minimum absolute atomic E-state index is 0.150. The van der Waals surface area contributed by atoms with Gasteiger partial charge in [0.15, 0.2) is 17.4 Å². The van der Waals surface area contributed by atoms with Gasteiger partial charge in [-0.15, -0.1) is 5.10 Å². The molecule has 2 amide bonds. The molecule has 2 atom stereocenters. The molecule has 10 nitrogen and oxygen atoms in total. The second-order valence-electron chi connectivity index (χ2n) is 7.53. The van der Waals surface area contributed by atoms with Crippen molar-refractivity contribution in [2.45, 2.75) is 32.5 Å². The van der Waals surface area contributed by atoms with Crippen molar-refractivity contribution in [3.05, 3.63) is 63.7 Å². The third-order valence-corrected chi connectivity index (χ3v) is 5.98. The summed E-state index contributed by atoms with van der Waals surface area (Å²) in [4.78, 5) is 38.7. The standard InChI is InChI=1S/C22H23N5O5S/c1-4-11-32-18-10-9-14(27(30)31)12-16(18)21-25(13(2)28)17-8-6-5-7-15(17)19-20(29)23-22(33-3)24-26(19)21/h5-10,12,19,21H,4,11H2,1-3H3,(H,23,24,29)/t19-,21-/m0/s1. The van der Waals surface area contributed by atoms with Crippen LogP contribution in [0.15, 0.2) is 47.6 Å². The van der Waals surface area contributed by atoms with Gasteiger partial charge in [0.05, 0.1) is 17.2 Å². The van der Waals surface area contributed by atoms with Crippen molar-refractivity contribution in [2.24, 2.45) is 5.10 Å². The van der Waals surface area contributed by atoms with Gasteiger partial charge in [0, 0.05) is 30.2 Å². The molecule has 2 aliphatic heterocycles. The Kier molecular flexibility index (Phi) is 6.23. The zero-order chi connectivity index (χ0) is 23.7. The molecule has 33 heavy (non-hydrogen) atoms. The number of amidine groups is 1. The highest BCUT2D eigenvalue weighted by atomic mass is 32.2. The van der Waals surface area contributed by atoms with E-state index in [0.717, 1.165) is 6.42 Å². The number of ether oxygens (including phenoxy) is 1. The Bertz CT molecular complexity index is 1150. The van der Waals surface area contributed by atoms with E-state index in [-0.39, 0.29) is 17.5 Å². The summed E-state index contributed by atoms with van der Waals surface area (Å²) in [6.07, 6.45) is 1.57. The molecule has 0 saturated carbocycles. The number of fused-ring (bicyclic) bond motifs is 3. The Labute approximate surface area is 194 Å². The van der Waals surface area contributed by atoms with Crippen molar-refractivity contribution >= 4 is 40.1 Å². The number of carbonyl (C=O) groups excluding carboxylic acids is 2. The fourth-order valence-electron chi connectivity index (χ4n) is 4.06. The lowest BCUT2D eigenvalue weighted by molar-refractivity contribution is -0.385. The van der Waals surface area contributed by atoms with E-state index >= 15 is 0 Å². The molecule has 1 N–H and O–H groups in total. The molecule has 0 saturated heterocycles. The number of nitrogens with one attached hydrogen (secondary N) is 1. The molecule has 2 aromatic rings.